The van der Waals surface area contributed by atoms with Crippen LogP contribution in [0.4, 0.5) is 0 Å². The van der Waals surface area contributed by atoms with E-state index >= 15 is 0 Å². The van der Waals surface area contributed by atoms with E-state index in [0.29, 0.717) is 0 Å². The molecule has 0 fully saturated rings. The maximum atomic E-state index is 6.78. The van der Waals surface area contributed by atoms with E-state index in [1.54, 1.807) is 6.20 Å². The fourth-order valence-corrected chi connectivity index (χ4v) is 5.43. The largest absolute Gasteiger partial charge is 0.454 e. The van der Waals surface area contributed by atoms with Crippen molar-refractivity contribution in [2.24, 2.45) is 7.05 Å². The van der Waals surface area contributed by atoms with E-state index in [-0.39, 0.29) is 0 Å². The number of nitrogens with zero attached hydrogens (tertiary/aromatic N) is 2. The Kier molecular flexibility index (Phi) is 4.27. The van der Waals surface area contributed by atoms with Gasteiger partial charge in [-0.25, -0.2) is 0 Å². The number of hydrogen-bond acceptors (Lipinski definition) is 2. The summed E-state index contributed by atoms with van der Waals surface area (Å²) in [7, 11) is 2.05. The fourth-order valence-electron chi connectivity index (χ4n) is 5.43. The molecule has 0 radical (unpaired) electrons. The standard InChI is InChI=1S/C32H23N2O/c1-20-14-15-27-25-12-7-13-26(31(25)35-32(27)30(20)29-19-33-16-17-34(29)2)28-18-21-8-3-4-9-22(21)23-10-5-6-11-24(23)28/h3-19H,1-2H3/q+1. The van der Waals surface area contributed by atoms with Gasteiger partial charge >= 0.3 is 0 Å². The van der Waals surface area contributed by atoms with Gasteiger partial charge in [-0.3, -0.25) is 4.98 Å². The van der Waals surface area contributed by atoms with E-state index in [9.17, 15) is 0 Å². The monoisotopic (exact) mass is 451 g/mol. The Bertz CT molecular complexity index is 1930. The van der Waals surface area contributed by atoms with Gasteiger partial charge in [0.1, 0.15) is 18.2 Å². The van der Waals surface area contributed by atoms with Gasteiger partial charge in [-0.1, -0.05) is 78.9 Å². The second-order valence-electron chi connectivity index (χ2n) is 9.18. The lowest BCUT2D eigenvalue weighted by Crippen LogP contribution is -2.30. The SMILES string of the molecule is Cc1ccc2c(oc3c(-c4cc5ccccc5c5ccccc45)cccc32)c1-c1cncc[n+]1C. The van der Waals surface area contributed by atoms with Crippen LogP contribution in [-0.2, 0) is 7.05 Å². The Labute approximate surface area is 202 Å². The normalized spacial score (nSPS) is 11.7. The number of para-hydroxylation sites is 1. The first-order valence-corrected chi connectivity index (χ1v) is 11.9. The lowest BCUT2D eigenvalue weighted by molar-refractivity contribution is -0.660. The third-order valence-electron chi connectivity index (χ3n) is 7.14. The second kappa shape index (κ2) is 7.51. The molecule has 2 aromatic heterocycles. The minimum absolute atomic E-state index is 0.904. The summed E-state index contributed by atoms with van der Waals surface area (Å²) in [6, 6.07) is 30.4. The highest BCUT2D eigenvalue weighted by atomic mass is 16.3. The first kappa shape index (κ1) is 19.9. The van der Waals surface area contributed by atoms with Crippen molar-refractivity contribution in [2.75, 3.05) is 0 Å². The van der Waals surface area contributed by atoms with Crippen LogP contribution in [0.15, 0.2) is 108 Å². The number of aryl methyl sites for hydroxylation is 2. The number of furan rings is 1. The zero-order valence-electron chi connectivity index (χ0n) is 19.6. The molecular formula is C32H23N2O+. The Morgan fingerprint density at radius 2 is 1.43 bits per heavy atom. The summed E-state index contributed by atoms with van der Waals surface area (Å²) < 4.78 is 8.88. The Morgan fingerprint density at radius 1 is 0.686 bits per heavy atom. The van der Waals surface area contributed by atoms with E-state index in [2.05, 4.69) is 101 Å². The van der Waals surface area contributed by atoms with E-state index < -0.39 is 0 Å². The molecule has 0 bridgehead atoms. The molecule has 3 heteroatoms. The van der Waals surface area contributed by atoms with Crippen LogP contribution < -0.4 is 4.57 Å². The van der Waals surface area contributed by atoms with E-state index in [4.69, 9.17) is 4.42 Å². The van der Waals surface area contributed by atoms with Crippen LogP contribution in [0.2, 0.25) is 0 Å². The fraction of sp³-hybridized carbons (Fsp3) is 0.0625. The summed E-state index contributed by atoms with van der Waals surface area (Å²) in [5, 5.41) is 7.24. The lowest BCUT2D eigenvalue weighted by atomic mass is 9.92. The van der Waals surface area contributed by atoms with Crippen molar-refractivity contribution in [2.45, 2.75) is 6.92 Å². The van der Waals surface area contributed by atoms with E-state index in [0.717, 1.165) is 44.3 Å². The third-order valence-corrected chi connectivity index (χ3v) is 7.14. The highest BCUT2D eigenvalue weighted by Crippen LogP contribution is 2.43. The van der Waals surface area contributed by atoms with Crippen LogP contribution >= 0.6 is 0 Å². The smallest absolute Gasteiger partial charge is 0.234 e. The number of aromatic nitrogens is 2. The highest BCUT2D eigenvalue weighted by Gasteiger charge is 2.22. The maximum Gasteiger partial charge on any atom is 0.234 e. The molecule has 0 aliphatic heterocycles. The Balaban J connectivity index is 1.60. The van der Waals surface area contributed by atoms with E-state index in [1.807, 2.05) is 19.4 Å². The summed E-state index contributed by atoms with van der Waals surface area (Å²) in [6.07, 6.45) is 5.69. The average Bonchev–Trinajstić information content (AvgIpc) is 3.28. The van der Waals surface area contributed by atoms with Gasteiger partial charge in [0, 0.05) is 16.3 Å². The van der Waals surface area contributed by atoms with Crippen LogP contribution in [0.5, 0.6) is 0 Å². The molecule has 0 aliphatic carbocycles. The van der Waals surface area contributed by atoms with Gasteiger partial charge in [0.25, 0.3) is 0 Å². The molecule has 35 heavy (non-hydrogen) atoms. The van der Waals surface area contributed by atoms with Crippen LogP contribution in [0.1, 0.15) is 5.56 Å². The zero-order chi connectivity index (χ0) is 23.5. The van der Waals surface area contributed by atoms with Gasteiger partial charge in [-0.05, 0) is 45.7 Å². The second-order valence-corrected chi connectivity index (χ2v) is 9.18. The van der Waals surface area contributed by atoms with Crippen LogP contribution in [-0.4, -0.2) is 4.98 Å². The zero-order valence-corrected chi connectivity index (χ0v) is 19.6. The molecule has 0 amide bonds. The predicted octanol–water partition coefficient (Wildman–Crippen LogP) is 7.75. The molecule has 0 atom stereocenters. The third kappa shape index (κ3) is 2.91. The van der Waals surface area contributed by atoms with Crippen molar-refractivity contribution in [1.82, 2.24) is 4.98 Å². The van der Waals surface area contributed by atoms with Crippen molar-refractivity contribution < 1.29 is 8.98 Å². The van der Waals surface area contributed by atoms with Gasteiger partial charge in [0.15, 0.2) is 6.20 Å². The molecule has 3 nitrogen and oxygen atoms in total. The van der Waals surface area contributed by atoms with Crippen LogP contribution in [0.25, 0.3) is 65.9 Å². The molecule has 0 unspecified atom stereocenters. The van der Waals surface area contributed by atoms with Gasteiger partial charge in [0.2, 0.25) is 5.69 Å². The minimum atomic E-state index is 0.904. The maximum absolute atomic E-state index is 6.78. The lowest BCUT2D eigenvalue weighted by Gasteiger charge is -2.11. The van der Waals surface area contributed by atoms with Crippen LogP contribution in [0, 0.1) is 6.92 Å². The first-order chi connectivity index (χ1) is 17.2. The molecule has 0 aliphatic rings. The number of rotatable bonds is 2. The highest BCUT2D eigenvalue weighted by molar-refractivity contribution is 6.18. The molecule has 0 saturated heterocycles. The molecule has 0 saturated carbocycles. The van der Waals surface area contributed by atoms with Crippen LogP contribution in [0.3, 0.4) is 0 Å². The topological polar surface area (TPSA) is 29.9 Å². The summed E-state index contributed by atoms with van der Waals surface area (Å²) in [5.74, 6) is 0. The number of benzene rings is 5. The Hall–Kier alpha value is -4.50. The van der Waals surface area contributed by atoms with Gasteiger partial charge in [0.05, 0.1) is 18.0 Å². The van der Waals surface area contributed by atoms with Crippen molar-refractivity contribution in [3.63, 3.8) is 0 Å². The van der Waals surface area contributed by atoms with Gasteiger partial charge in [-0.15, -0.1) is 0 Å². The molecule has 0 N–H and O–H groups in total. The summed E-state index contributed by atoms with van der Waals surface area (Å²) >= 11 is 0. The average molecular weight is 452 g/mol. The summed E-state index contributed by atoms with van der Waals surface area (Å²) in [5.41, 5.74) is 7.41. The van der Waals surface area contributed by atoms with Crippen molar-refractivity contribution in [1.29, 1.82) is 0 Å². The molecule has 2 heterocycles. The summed E-state index contributed by atoms with van der Waals surface area (Å²) in [4.78, 5) is 4.39. The Morgan fingerprint density at radius 3 is 2.29 bits per heavy atom. The first-order valence-electron chi connectivity index (χ1n) is 11.9. The van der Waals surface area contributed by atoms with Crippen molar-refractivity contribution in [3.05, 3.63) is 109 Å². The molecule has 166 valence electrons. The predicted molar refractivity (Wildman–Crippen MR) is 143 cm³/mol. The summed E-state index contributed by atoms with van der Waals surface area (Å²) in [6.45, 7) is 2.13. The van der Waals surface area contributed by atoms with Crippen molar-refractivity contribution in [3.8, 4) is 22.4 Å². The quantitative estimate of drug-likeness (QED) is 0.199. The number of hydrogen-bond donors (Lipinski definition) is 0. The molecule has 5 aromatic carbocycles. The van der Waals surface area contributed by atoms with E-state index in [1.165, 1.54) is 27.1 Å². The number of fused-ring (bicyclic) bond motifs is 6. The molecule has 7 aromatic rings. The molecular weight excluding hydrogens is 428 g/mol. The van der Waals surface area contributed by atoms with Gasteiger partial charge < -0.3 is 4.42 Å². The van der Waals surface area contributed by atoms with Crippen molar-refractivity contribution >= 4 is 43.5 Å². The molecule has 0 spiro atoms. The minimum Gasteiger partial charge on any atom is -0.454 e. The van der Waals surface area contributed by atoms with Gasteiger partial charge in [-0.2, -0.15) is 4.57 Å². The molecule has 7 rings (SSSR count).